The van der Waals surface area contributed by atoms with Gasteiger partial charge in [-0.05, 0) is 43.8 Å². The van der Waals surface area contributed by atoms with E-state index in [-0.39, 0.29) is 16.3 Å². The molecule has 2 aromatic rings. The van der Waals surface area contributed by atoms with Crippen LogP contribution in [0.3, 0.4) is 0 Å². The topological polar surface area (TPSA) is 78.7 Å². The molecule has 1 heterocycles. The number of non-ortho nitro benzene ring substituents is 1. The van der Waals surface area contributed by atoms with Crippen LogP contribution in [-0.2, 0) is 0 Å². The number of rotatable bonds is 4. The van der Waals surface area contributed by atoms with Gasteiger partial charge < -0.3 is 15.1 Å². The Kier molecular flexibility index (Phi) is 5.62. The smallest absolute Gasteiger partial charge is 0.270 e. The first-order valence-corrected chi connectivity index (χ1v) is 9.02. The average Bonchev–Trinajstić information content (AvgIpc) is 2.62. The zero-order chi connectivity index (χ0) is 19.6. The highest BCUT2D eigenvalue weighted by molar-refractivity contribution is 6.34. The van der Waals surface area contributed by atoms with E-state index in [9.17, 15) is 14.9 Å². The average molecular weight is 389 g/mol. The van der Waals surface area contributed by atoms with Crippen molar-refractivity contribution >= 4 is 34.6 Å². The summed E-state index contributed by atoms with van der Waals surface area (Å²) in [6.45, 7) is 6.01. The van der Waals surface area contributed by atoms with E-state index in [2.05, 4.69) is 22.2 Å². The Bertz CT molecular complexity index is 879. The summed E-state index contributed by atoms with van der Waals surface area (Å²) in [7, 11) is 2.12. The molecule has 2 aromatic carbocycles. The summed E-state index contributed by atoms with van der Waals surface area (Å²) >= 11 is 6.03. The number of nitrogens with one attached hydrogen (secondary N) is 1. The molecule has 1 N–H and O–H groups in total. The third-order valence-electron chi connectivity index (χ3n) is 4.71. The standard InChI is InChI=1S/C19H21ClN4O3/c1-13-11-14(3-6-18(13)23-9-7-22(2)8-10-23)21-19(25)16-5-4-15(24(26)27)12-17(16)20/h3-6,11-12H,7-10H2,1-2H3,(H,21,25). The van der Waals surface area contributed by atoms with E-state index in [1.54, 1.807) is 0 Å². The first-order chi connectivity index (χ1) is 12.8. The number of halogens is 1. The molecule has 0 unspecified atom stereocenters. The van der Waals surface area contributed by atoms with E-state index in [1.165, 1.54) is 18.2 Å². The van der Waals surface area contributed by atoms with Crippen LogP contribution in [0.2, 0.25) is 5.02 Å². The summed E-state index contributed by atoms with van der Waals surface area (Å²) in [5.41, 5.74) is 2.94. The zero-order valence-corrected chi connectivity index (χ0v) is 16.0. The van der Waals surface area contributed by atoms with Crippen LogP contribution < -0.4 is 10.2 Å². The van der Waals surface area contributed by atoms with Gasteiger partial charge in [-0.15, -0.1) is 0 Å². The number of piperazine rings is 1. The molecule has 0 aromatic heterocycles. The van der Waals surface area contributed by atoms with Crippen molar-refractivity contribution in [2.24, 2.45) is 0 Å². The van der Waals surface area contributed by atoms with Crippen LogP contribution in [-0.4, -0.2) is 49.0 Å². The monoisotopic (exact) mass is 388 g/mol. The normalized spacial score (nSPS) is 14.9. The largest absolute Gasteiger partial charge is 0.369 e. The molecule has 142 valence electrons. The Morgan fingerprint density at radius 2 is 1.85 bits per heavy atom. The lowest BCUT2D eigenvalue weighted by molar-refractivity contribution is -0.384. The van der Waals surface area contributed by atoms with Gasteiger partial charge in [-0.25, -0.2) is 0 Å². The number of likely N-dealkylation sites (N-methyl/N-ethyl adjacent to an activating group) is 1. The van der Waals surface area contributed by atoms with Crippen molar-refractivity contribution in [1.29, 1.82) is 0 Å². The van der Waals surface area contributed by atoms with E-state index in [4.69, 9.17) is 11.6 Å². The lowest BCUT2D eigenvalue weighted by Gasteiger charge is -2.35. The highest BCUT2D eigenvalue weighted by atomic mass is 35.5. The van der Waals surface area contributed by atoms with Gasteiger partial charge in [-0.1, -0.05) is 11.6 Å². The molecule has 0 spiro atoms. The molecule has 1 fully saturated rings. The van der Waals surface area contributed by atoms with Crippen LogP contribution in [0.15, 0.2) is 36.4 Å². The molecular formula is C19H21ClN4O3. The number of nitro benzene ring substituents is 1. The van der Waals surface area contributed by atoms with Crippen molar-refractivity contribution in [3.8, 4) is 0 Å². The van der Waals surface area contributed by atoms with Gasteiger partial charge in [0.1, 0.15) is 0 Å². The number of carbonyl (C=O) groups excluding carboxylic acids is 1. The number of anilines is 2. The van der Waals surface area contributed by atoms with E-state index in [1.807, 2.05) is 25.1 Å². The maximum absolute atomic E-state index is 12.5. The fraction of sp³-hybridized carbons (Fsp3) is 0.316. The van der Waals surface area contributed by atoms with Gasteiger partial charge in [0.15, 0.2) is 0 Å². The number of carbonyl (C=O) groups is 1. The first kappa shape index (κ1) is 19.1. The maximum atomic E-state index is 12.5. The third-order valence-corrected chi connectivity index (χ3v) is 5.02. The van der Waals surface area contributed by atoms with Gasteiger partial charge in [0.05, 0.1) is 15.5 Å². The number of amides is 1. The van der Waals surface area contributed by atoms with Gasteiger partial charge in [-0.3, -0.25) is 14.9 Å². The minimum atomic E-state index is -0.548. The molecular weight excluding hydrogens is 368 g/mol. The van der Waals surface area contributed by atoms with Gasteiger partial charge >= 0.3 is 0 Å². The summed E-state index contributed by atoms with van der Waals surface area (Å²) in [6.07, 6.45) is 0. The van der Waals surface area contributed by atoms with Crippen LogP contribution in [0.4, 0.5) is 17.1 Å². The quantitative estimate of drug-likeness (QED) is 0.640. The van der Waals surface area contributed by atoms with Crippen LogP contribution >= 0.6 is 11.6 Å². The fourth-order valence-corrected chi connectivity index (χ4v) is 3.40. The van der Waals surface area contributed by atoms with Crippen LogP contribution in [0.25, 0.3) is 0 Å². The second-order valence-corrected chi connectivity index (χ2v) is 7.07. The highest BCUT2D eigenvalue weighted by Gasteiger charge is 2.18. The summed E-state index contributed by atoms with van der Waals surface area (Å²) in [4.78, 5) is 27.3. The van der Waals surface area contributed by atoms with Crippen molar-refractivity contribution in [2.45, 2.75) is 6.92 Å². The Hall–Kier alpha value is -2.64. The Morgan fingerprint density at radius 1 is 1.15 bits per heavy atom. The molecule has 0 bridgehead atoms. The molecule has 7 nitrogen and oxygen atoms in total. The van der Waals surface area contributed by atoms with Gasteiger partial charge in [0.25, 0.3) is 11.6 Å². The Morgan fingerprint density at radius 3 is 2.44 bits per heavy atom. The molecule has 27 heavy (non-hydrogen) atoms. The van der Waals surface area contributed by atoms with Crippen molar-refractivity contribution in [2.75, 3.05) is 43.4 Å². The molecule has 1 amide bonds. The second kappa shape index (κ2) is 7.94. The Labute approximate surface area is 162 Å². The number of hydrogen-bond acceptors (Lipinski definition) is 5. The van der Waals surface area contributed by atoms with Crippen molar-refractivity contribution in [1.82, 2.24) is 4.90 Å². The lowest BCUT2D eigenvalue weighted by atomic mass is 10.1. The van der Waals surface area contributed by atoms with Crippen LogP contribution in [0, 0.1) is 17.0 Å². The Balaban J connectivity index is 1.73. The molecule has 8 heteroatoms. The van der Waals surface area contributed by atoms with E-state index >= 15 is 0 Å². The van der Waals surface area contributed by atoms with E-state index in [0.717, 1.165) is 37.4 Å². The van der Waals surface area contributed by atoms with Crippen LogP contribution in [0.1, 0.15) is 15.9 Å². The molecule has 0 radical (unpaired) electrons. The van der Waals surface area contributed by atoms with Gasteiger partial charge in [-0.2, -0.15) is 0 Å². The lowest BCUT2D eigenvalue weighted by Crippen LogP contribution is -2.44. The summed E-state index contributed by atoms with van der Waals surface area (Å²) in [6, 6.07) is 9.60. The molecule has 1 aliphatic heterocycles. The minimum absolute atomic E-state index is 0.0486. The number of nitrogens with zero attached hydrogens (tertiary/aromatic N) is 3. The van der Waals surface area contributed by atoms with E-state index < -0.39 is 10.8 Å². The molecule has 3 rings (SSSR count). The SMILES string of the molecule is Cc1cc(NC(=O)c2ccc([N+](=O)[O-])cc2Cl)ccc1N1CCN(C)CC1. The molecule has 0 saturated carbocycles. The zero-order valence-electron chi connectivity index (χ0n) is 15.2. The maximum Gasteiger partial charge on any atom is 0.270 e. The fourth-order valence-electron chi connectivity index (χ4n) is 3.14. The molecule has 1 saturated heterocycles. The molecule has 1 aliphatic rings. The molecule has 0 atom stereocenters. The van der Waals surface area contributed by atoms with Gasteiger partial charge in [0, 0.05) is 49.7 Å². The van der Waals surface area contributed by atoms with Crippen molar-refractivity contribution in [3.05, 3.63) is 62.7 Å². The van der Waals surface area contributed by atoms with Crippen LogP contribution in [0.5, 0.6) is 0 Å². The predicted molar refractivity (Wildman–Crippen MR) is 107 cm³/mol. The van der Waals surface area contributed by atoms with Gasteiger partial charge in [0.2, 0.25) is 0 Å². The number of nitro groups is 1. The van der Waals surface area contributed by atoms with E-state index in [0.29, 0.717) is 5.69 Å². The second-order valence-electron chi connectivity index (χ2n) is 6.67. The number of hydrogen-bond donors (Lipinski definition) is 1. The van der Waals surface area contributed by atoms with Crippen molar-refractivity contribution in [3.63, 3.8) is 0 Å². The predicted octanol–water partition coefficient (Wildman–Crippen LogP) is 3.56. The summed E-state index contributed by atoms with van der Waals surface area (Å²) in [5.74, 6) is -0.401. The minimum Gasteiger partial charge on any atom is -0.369 e. The summed E-state index contributed by atoms with van der Waals surface area (Å²) < 4.78 is 0. The number of aryl methyl sites for hydroxylation is 1. The third kappa shape index (κ3) is 4.37. The van der Waals surface area contributed by atoms with Crippen molar-refractivity contribution < 1.29 is 9.72 Å². The molecule has 0 aliphatic carbocycles. The highest BCUT2D eigenvalue weighted by Crippen LogP contribution is 2.26. The summed E-state index contributed by atoms with van der Waals surface area (Å²) in [5, 5.41) is 13.6. The number of benzene rings is 2. The first-order valence-electron chi connectivity index (χ1n) is 8.64.